The van der Waals surface area contributed by atoms with Gasteiger partial charge in [0.1, 0.15) is 0 Å². The van der Waals surface area contributed by atoms with E-state index in [1.807, 2.05) is 25.1 Å². The lowest BCUT2D eigenvalue weighted by Gasteiger charge is -2.10. The quantitative estimate of drug-likeness (QED) is 0.783. The molecule has 4 nitrogen and oxygen atoms in total. The van der Waals surface area contributed by atoms with Crippen molar-refractivity contribution in [2.75, 3.05) is 0 Å². The standard InChI is InChI=1S/C11H13N3O/c1-8(12)7-14-10-5-3-2-4-9(10)11(15)6-13-14/h2-6,8H,7,12H2,1H3. The fourth-order valence-corrected chi connectivity index (χ4v) is 1.58. The molecule has 2 N–H and O–H groups in total. The van der Waals surface area contributed by atoms with Crippen LogP contribution in [0.15, 0.2) is 35.3 Å². The lowest BCUT2D eigenvalue weighted by atomic mass is 10.2. The predicted octanol–water partition coefficient (Wildman–Crippen LogP) is 0.744. The summed E-state index contributed by atoms with van der Waals surface area (Å²) >= 11 is 0. The molecule has 0 aliphatic heterocycles. The fraction of sp³-hybridized carbons (Fsp3) is 0.273. The second kappa shape index (κ2) is 3.82. The van der Waals surface area contributed by atoms with Crippen LogP contribution in [0, 0.1) is 0 Å². The van der Waals surface area contributed by atoms with Crippen molar-refractivity contribution in [1.82, 2.24) is 9.78 Å². The largest absolute Gasteiger partial charge is 0.326 e. The highest BCUT2D eigenvalue weighted by Gasteiger charge is 2.04. The maximum absolute atomic E-state index is 11.5. The normalized spacial score (nSPS) is 12.9. The third kappa shape index (κ3) is 1.89. The van der Waals surface area contributed by atoms with Gasteiger partial charge in [-0.3, -0.25) is 9.48 Å². The van der Waals surface area contributed by atoms with Crippen LogP contribution < -0.4 is 11.2 Å². The molecule has 4 heteroatoms. The molecule has 0 aliphatic carbocycles. The molecular formula is C11H13N3O. The van der Waals surface area contributed by atoms with Crippen molar-refractivity contribution in [2.24, 2.45) is 5.73 Å². The second-order valence-corrected chi connectivity index (χ2v) is 3.69. The molecule has 0 saturated carbocycles. The number of fused-ring (bicyclic) bond motifs is 1. The van der Waals surface area contributed by atoms with Crippen LogP contribution in [0.5, 0.6) is 0 Å². The van der Waals surface area contributed by atoms with Gasteiger partial charge in [0.25, 0.3) is 0 Å². The van der Waals surface area contributed by atoms with E-state index in [1.54, 1.807) is 10.7 Å². The Kier molecular flexibility index (Phi) is 2.51. The molecule has 1 atom stereocenters. The molecule has 78 valence electrons. The highest BCUT2D eigenvalue weighted by Crippen LogP contribution is 2.07. The summed E-state index contributed by atoms with van der Waals surface area (Å²) in [6.07, 6.45) is 1.34. The van der Waals surface area contributed by atoms with Gasteiger partial charge in [-0.2, -0.15) is 5.10 Å². The molecule has 0 aliphatic rings. The SMILES string of the molecule is CC(N)Cn1ncc(=O)c2ccccc21. The second-order valence-electron chi connectivity index (χ2n) is 3.69. The molecule has 1 heterocycles. The van der Waals surface area contributed by atoms with Gasteiger partial charge in [-0.05, 0) is 19.1 Å². The van der Waals surface area contributed by atoms with Crippen molar-refractivity contribution in [1.29, 1.82) is 0 Å². The van der Waals surface area contributed by atoms with Crippen LogP contribution in [0.2, 0.25) is 0 Å². The van der Waals surface area contributed by atoms with Crippen LogP contribution in [-0.2, 0) is 6.54 Å². The van der Waals surface area contributed by atoms with E-state index in [2.05, 4.69) is 5.10 Å². The number of rotatable bonds is 2. The number of para-hydroxylation sites is 1. The summed E-state index contributed by atoms with van der Waals surface area (Å²) in [6, 6.07) is 7.44. The van der Waals surface area contributed by atoms with Crippen LogP contribution >= 0.6 is 0 Å². The molecule has 0 spiro atoms. The number of nitrogens with zero attached hydrogens (tertiary/aromatic N) is 2. The average Bonchev–Trinajstić information content (AvgIpc) is 2.22. The summed E-state index contributed by atoms with van der Waals surface area (Å²) < 4.78 is 1.77. The minimum Gasteiger partial charge on any atom is -0.326 e. The van der Waals surface area contributed by atoms with E-state index in [-0.39, 0.29) is 11.5 Å². The summed E-state index contributed by atoms with van der Waals surface area (Å²) in [5, 5.41) is 4.76. The van der Waals surface area contributed by atoms with Gasteiger partial charge in [0.2, 0.25) is 5.43 Å². The van der Waals surface area contributed by atoms with E-state index in [0.29, 0.717) is 11.9 Å². The molecular weight excluding hydrogens is 190 g/mol. The van der Waals surface area contributed by atoms with Crippen molar-refractivity contribution < 1.29 is 0 Å². The molecule has 0 amide bonds. The van der Waals surface area contributed by atoms with E-state index in [9.17, 15) is 4.79 Å². The molecule has 2 aromatic rings. The Morgan fingerprint density at radius 2 is 2.20 bits per heavy atom. The van der Waals surface area contributed by atoms with Crippen molar-refractivity contribution in [3.8, 4) is 0 Å². The molecule has 0 saturated heterocycles. The Morgan fingerprint density at radius 3 is 2.93 bits per heavy atom. The fourth-order valence-electron chi connectivity index (χ4n) is 1.58. The zero-order valence-corrected chi connectivity index (χ0v) is 8.55. The van der Waals surface area contributed by atoms with Gasteiger partial charge in [0.05, 0.1) is 18.3 Å². The Balaban J connectivity index is 2.66. The maximum Gasteiger partial charge on any atom is 0.207 e. The first-order valence-electron chi connectivity index (χ1n) is 4.89. The van der Waals surface area contributed by atoms with Crippen LogP contribution in [-0.4, -0.2) is 15.8 Å². The highest BCUT2D eigenvalue weighted by atomic mass is 16.1. The van der Waals surface area contributed by atoms with E-state index in [4.69, 9.17) is 5.73 Å². The van der Waals surface area contributed by atoms with E-state index in [1.165, 1.54) is 6.20 Å². The van der Waals surface area contributed by atoms with Gasteiger partial charge in [0.15, 0.2) is 0 Å². The summed E-state index contributed by atoms with van der Waals surface area (Å²) in [7, 11) is 0. The highest BCUT2D eigenvalue weighted by molar-refractivity contribution is 5.77. The minimum absolute atomic E-state index is 0.0170. The van der Waals surface area contributed by atoms with Crippen LogP contribution in [0.25, 0.3) is 10.9 Å². The Bertz CT molecular complexity index is 531. The number of hydrogen-bond donors (Lipinski definition) is 1. The number of aromatic nitrogens is 2. The number of nitrogens with two attached hydrogens (primary N) is 1. The van der Waals surface area contributed by atoms with Crippen molar-refractivity contribution in [3.05, 3.63) is 40.7 Å². The molecule has 1 aromatic heterocycles. The van der Waals surface area contributed by atoms with Gasteiger partial charge in [-0.25, -0.2) is 0 Å². The minimum atomic E-state index is -0.0495. The summed E-state index contributed by atoms with van der Waals surface area (Å²) in [5.74, 6) is 0. The first-order valence-corrected chi connectivity index (χ1v) is 4.89. The van der Waals surface area contributed by atoms with Crippen molar-refractivity contribution >= 4 is 10.9 Å². The zero-order valence-electron chi connectivity index (χ0n) is 8.55. The molecule has 2 rings (SSSR count). The first-order chi connectivity index (χ1) is 7.18. The summed E-state index contributed by atoms with van der Waals surface area (Å²) in [6.45, 7) is 2.52. The number of hydrogen-bond acceptors (Lipinski definition) is 3. The van der Waals surface area contributed by atoms with Crippen molar-refractivity contribution in [3.63, 3.8) is 0 Å². The van der Waals surface area contributed by atoms with Gasteiger partial charge >= 0.3 is 0 Å². The van der Waals surface area contributed by atoms with Gasteiger partial charge in [0, 0.05) is 11.4 Å². The topological polar surface area (TPSA) is 60.9 Å². The Hall–Kier alpha value is -1.68. The lowest BCUT2D eigenvalue weighted by Crippen LogP contribution is -2.25. The van der Waals surface area contributed by atoms with Crippen LogP contribution in [0.4, 0.5) is 0 Å². The molecule has 15 heavy (non-hydrogen) atoms. The smallest absolute Gasteiger partial charge is 0.207 e. The Labute approximate surface area is 87.3 Å². The monoisotopic (exact) mass is 203 g/mol. The maximum atomic E-state index is 11.5. The van der Waals surface area contributed by atoms with Gasteiger partial charge in [-0.15, -0.1) is 0 Å². The van der Waals surface area contributed by atoms with Gasteiger partial charge in [-0.1, -0.05) is 12.1 Å². The third-order valence-corrected chi connectivity index (χ3v) is 2.22. The van der Waals surface area contributed by atoms with E-state index in [0.717, 1.165) is 5.52 Å². The predicted molar refractivity (Wildman–Crippen MR) is 59.7 cm³/mol. The lowest BCUT2D eigenvalue weighted by molar-refractivity contribution is 0.546. The molecule has 0 radical (unpaired) electrons. The van der Waals surface area contributed by atoms with Crippen molar-refractivity contribution in [2.45, 2.75) is 19.5 Å². The molecule has 0 bridgehead atoms. The zero-order chi connectivity index (χ0) is 10.8. The van der Waals surface area contributed by atoms with Crippen LogP contribution in [0.3, 0.4) is 0 Å². The molecule has 0 fully saturated rings. The average molecular weight is 203 g/mol. The number of benzene rings is 1. The summed E-state index contributed by atoms with van der Waals surface area (Å²) in [5.41, 5.74) is 6.50. The van der Waals surface area contributed by atoms with E-state index >= 15 is 0 Å². The third-order valence-electron chi connectivity index (χ3n) is 2.22. The van der Waals surface area contributed by atoms with E-state index < -0.39 is 0 Å². The summed E-state index contributed by atoms with van der Waals surface area (Å²) in [4.78, 5) is 11.5. The Morgan fingerprint density at radius 1 is 1.47 bits per heavy atom. The van der Waals surface area contributed by atoms with Crippen LogP contribution in [0.1, 0.15) is 6.92 Å². The van der Waals surface area contributed by atoms with Gasteiger partial charge < -0.3 is 5.73 Å². The molecule has 1 aromatic carbocycles. The first kappa shape index (κ1) is 9.86. The molecule has 1 unspecified atom stereocenters.